The SMILES string of the molecule is CCCCCCNNC(N)=NC(=N)N. The molecule has 0 atom stereocenters. The summed E-state index contributed by atoms with van der Waals surface area (Å²) in [5, 5.41) is 6.84. The Balaban J connectivity index is 3.31. The Morgan fingerprint density at radius 1 is 1.29 bits per heavy atom. The molecule has 0 aliphatic heterocycles. The van der Waals surface area contributed by atoms with E-state index in [1.165, 1.54) is 19.3 Å². The summed E-state index contributed by atoms with van der Waals surface area (Å²) in [4.78, 5) is 3.49. The minimum atomic E-state index is -0.303. The van der Waals surface area contributed by atoms with E-state index in [1.807, 2.05) is 0 Å². The van der Waals surface area contributed by atoms with Crippen LogP contribution in [-0.2, 0) is 0 Å². The molecule has 0 saturated carbocycles. The lowest BCUT2D eigenvalue weighted by Crippen LogP contribution is -2.43. The number of nitrogens with one attached hydrogen (secondary N) is 3. The molecule has 7 N–H and O–H groups in total. The van der Waals surface area contributed by atoms with Gasteiger partial charge in [-0.25, -0.2) is 5.43 Å². The molecular formula is C8H20N6. The molecule has 0 aliphatic rings. The molecule has 0 spiro atoms. The van der Waals surface area contributed by atoms with E-state index >= 15 is 0 Å². The van der Waals surface area contributed by atoms with Crippen molar-refractivity contribution in [1.29, 1.82) is 5.41 Å². The van der Waals surface area contributed by atoms with Gasteiger partial charge in [0.15, 0.2) is 0 Å². The van der Waals surface area contributed by atoms with Crippen LogP contribution in [0.4, 0.5) is 0 Å². The van der Waals surface area contributed by atoms with Crippen molar-refractivity contribution >= 4 is 11.9 Å². The lowest BCUT2D eigenvalue weighted by Gasteiger charge is -2.06. The van der Waals surface area contributed by atoms with Crippen LogP contribution in [0.2, 0.25) is 0 Å². The summed E-state index contributed by atoms with van der Waals surface area (Å²) in [5.74, 6) is -0.184. The number of nitrogens with two attached hydrogens (primary N) is 2. The van der Waals surface area contributed by atoms with Crippen LogP contribution in [0.1, 0.15) is 32.6 Å². The molecule has 0 aliphatic carbocycles. The third-order valence-corrected chi connectivity index (χ3v) is 1.61. The highest BCUT2D eigenvalue weighted by molar-refractivity contribution is 5.91. The van der Waals surface area contributed by atoms with Crippen molar-refractivity contribution < 1.29 is 0 Å². The van der Waals surface area contributed by atoms with Crippen LogP contribution in [0.5, 0.6) is 0 Å². The zero-order valence-electron chi connectivity index (χ0n) is 8.64. The smallest absolute Gasteiger partial charge is 0.215 e. The first kappa shape index (κ1) is 12.7. The molecule has 0 aromatic heterocycles. The average Bonchev–Trinajstić information content (AvgIpc) is 2.10. The molecule has 0 unspecified atom stereocenters. The van der Waals surface area contributed by atoms with E-state index in [0.717, 1.165) is 13.0 Å². The van der Waals surface area contributed by atoms with Crippen LogP contribution in [0.3, 0.4) is 0 Å². The normalized spacial score (nSPS) is 11.4. The number of hydrogen-bond acceptors (Lipinski definition) is 2. The van der Waals surface area contributed by atoms with E-state index in [9.17, 15) is 0 Å². The van der Waals surface area contributed by atoms with E-state index in [2.05, 4.69) is 22.8 Å². The number of rotatable bonds is 6. The molecule has 0 radical (unpaired) electrons. The van der Waals surface area contributed by atoms with Gasteiger partial charge in [-0.05, 0) is 6.42 Å². The second kappa shape index (κ2) is 8.31. The van der Waals surface area contributed by atoms with Gasteiger partial charge in [-0.3, -0.25) is 10.8 Å². The molecule has 0 aromatic rings. The van der Waals surface area contributed by atoms with Crippen LogP contribution in [-0.4, -0.2) is 18.5 Å². The van der Waals surface area contributed by atoms with Crippen LogP contribution >= 0.6 is 0 Å². The third kappa shape index (κ3) is 8.79. The predicted molar refractivity (Wildman–Crippen MR) is 58.8 cm³/mol. The average molecular weight is 200 g/mol. The van der Waals surface area contributed by atoms with Gasteiger partial charge in [0.05, 0.1) is 0 Å². The van der Waals surface area contributed by atoms with E-state index in [4.69, 9.17) is 16.9 Å². The lowest BCUT2D eigenvalue weighted by atomic mass is 10.2. The molecule has 0 fully saturated rings. The molecular weight excluding hydrogens is 180 g/mol. The van der Waals surface area contributed by atoms with Crippen molar-refractivity contribution in [3.05, 3.63) is 0 Å². The van der Waals surface area contributed by atoms with E-state index in [1.54, 1.807) is 0 Å². The number of unbranched alkanes of at least 4 members (excludes halogenated alkanes) is 3. The number of hydrogen-bond donors (Lipinski definition) is 5. The topological polar surface area (TPSA) is 112 Å². The van der Waals surface area contributed by atoms with Crippen LogP contribution in [0, 0.1) is 5.41 Å². The van der Waals surface area contributed by atoms with Gasteiger partial charge in [0, 0.05) is 6.54 Å². The Morgan fingerprint density at radius 2 is 2.00 bits per heavy atom. The Labute approximate surface area is 84.6 Å². The molecule has 0 aromatic carbocycles. The van der Waals surface area contributed by atoms with Gasteiger partial charge in [-0.15, -0.1) is 0 Å². The molecule has 82 valence electrons. The van der Waals surface area contributed by atoms with Gasteiger partial charge in [-0.1, -0.05) is 26.2 Å². The summed E-state index contributed by atoms with van der Waals surface area (Å²) >= 11 is 0. The molecule has 0 heterocycles. The summed E-state index contributed by atoms with van der Waals surface area (Å²) in [5.41, 5.74) is 15.9. The molecule has 0 rings (SSSR count). The number of nitrogens with zero attached hydrogens (tertiary/aromatic N) is 1. The van der Waals surface area contributed by atoms with Crippen LogP contribution in [0.15, 0.2) is 4.99 Å². The van der Waals surface area contributed by atoms with E-state index in [0.29, 0.717) is 0 Å². The maximum Gasteiger partial charge on any atom is 0.215 e. The summed E-state index contributed by atoms with van der Waals surface area (Å²) in [6.45, 7) is 3.00. The van der Waals surface area contributed by atoms with Crippen LogP contribution < -0.4 is 22.3 Å². The fourth-order valence-electron chi connectivity index (χ4n) is 0.951. The predicted octanol–water partition coefficient (Wildman–Crippen LogP) is -0.131. The monoisotopic (exact) mass is 200 g/mol. The van der Waals surface area contributed by atoms with Crippen molar-refractivity contribution in [2.75, 3.05) is 6.54 Å². The van der Waals surface area contributed by atoms with E-state index < -0.39 is 0 Å². The van der Waals surface area contributed by atoms with Gasteiger partial charge < -0.3 is 11.5 Å². The zero-order valence-corrected chi connectivity index (χ0v) is 8.64. The van der Waals surface area contributed by atoms with Gasteiger partial charge in [0.2, 0.25) is 11.9 Å². The molecule has 0 bridgehead atoms. The molecule has 0 amide bonds. The highest BCUT2D eigenvalue weighted by atomic mass is 15.4. The standard InChI is InChI=1S/C8H20N6/c1-2-3-4-5-6-12-14-8(11)13-7(9)10/h12H,2-6H2,1H3,(H6,9,10,11,13,14). The summed E-state index contributed by atoms with van der Waals surface area (Å²) in [7, 11) is 0. The van der Waals surface area contributed by atoms with Crippen molar-refractivity contribution in [2.45, 2.75) is 32.6 Å². The van der Waals surface area contributed by atoms with Crippen molar-refractivity contribution in [1.82, 2.24) is 10.9 Å². The minimum absolute atomic E-state index is 0.119. The van der Waals surface area contributed by atoms with Crippen molar-refractivity contribution in [3.63, 3.8) is 0 Å². The Morgan fingerprint density at radius 3 is 2.57 bits per heavy atom. The maximum atomic E-state index is 6.84. The largest absolute Gasteiger partial charge is 0.368 e. The molecule has 14 heavy (non-hydrogen) atoms. The first-order valence-corrected chi connectivity index (χ1v) is 4.84. The first-order chi connectivity index (χ1) is 6.66. The van der Waals surface area contributed by atoms with E-state index in [-0.39, 0.29) is 11.9 Å². The summed E-state index contributed by atoms with van der Waals surface area (Å²) in [6, 6.07) is 0. The highest BCUT2D eigenvalue weighted by Crippen LogP contribution is 1.96. The summed E-state index contributed by atoms with van der Waals surface area (Å²) in [6.07, 6.45) is 4.77. The summed E-state index contributed by atoms with van der Waals surface area (Å²) < 4.78 is 0. The second-order valence-electron chi connectivity index (χ2n) is 2.99. The Bertz CT molecular complexity index is 188. The highest BCUT2D eigenvalue weighted by Gasteiger charge is 1.91. The molecule has 0 saturated heterocycles. The van der Waals surface area contributed by atoms with Crippen LogP contribution in [0.25, 0.3) is 0 Å². The van der Waals surface area contributed by atoms with Crippen molar-refractivity contribution in [2.24, 2.45) is 16.5 Å². The number of hydrazine groups is 1. The first-order valence-electron chi connectivity index (χ1n) is 4.84. The lowest BCUT2D eigenvalue weighted by molar-refractivity contribution is 0.577. The fraction of sp³-hybridized carbons (Fsp3) is 0.750. The quantitative estimate of drug-likeness (QED) is 0.178. The number of aliphatic imine (C=N–C) groups is 1. The third-order valence-electron chi connectivity index (χ3n) is 1.61. The Kier molecular flexibility index (Phi) is 7.53. The Hall–Kier alpha value is -1.30. The van der Waals surface area contributed by atoms with Gasteiger partial charge >= 0.3 is 0 Å². The maximum absolute atomic E-state index is 6.84. The molecule has 6 heteroatoms. The zero-order chi connectivity index (χ0) is 10.8. The van der Waals surface area contributed by atoms with Gasteiger partial charge in [0.25, 0.3) is 0 Å². The number of guanidine groups is 2. The van der Waals surface area contributed by atoms with Gasteiger partial charge in [-0.2, -0.15) is 4.99 Å². The fourth-order valence-corrected chi connectivity index (χ4v) is 0.951. The second-order valence-corrected chi connectivity index (χ2v) is 2.99. The van der Waals surface area contributed by atoms with Crippen molar-refractivity contribution in [3.8, 4) is 0 Å². The molecule has 6 nitrogen and oxygen atoms in total. The van der Waals surface area contributed by atoms with Gasteiger partial charge in [0.1, 0.15) is 0 Å². The minimum Gasteiger partial charge on any atom is -0.368 e.